The lowest BCUT2D eigenvalue weighted by atomic mass is 10.0. The van der Waals surface area contributed by atoms with Gasteiger partial charge in [-0.1, -0.05) is 52.9 Å². The normalized spacial score (nSPS) is 27.9. The maximum absolute atomic E-state index is 5.98. The van der Waals surface area contributed by atoms with E-state index < -0.39 is 5.79 Å². The number of alkyl halides is 1. The molecule has 2 atom stereocenters. The second kappa shape index (κ2) is 5.67. The minimum absolute atomic E-state index is 0.265. The Hall–Kier alpha value is -0.130. The molecule has 0 aliphatic carbocycles. The zero-order valence-corrected chi connectivity index (χ0v) is 12.5. The molecule has 0 spiro atoms. The second-order valence-electron chi connectivity index (χ2n) is 4.96. The molecule has 1 fully saturated rings. The highest BCUT2D eigenvalue weighted by Gasteiger charge is 2.34. The number of hydrogen-bond acceptors (Lipinski definition) is 2. The summed E-state index contributed by atoms with van der Waals surface area (Å²) in [6, 6.07) is 10.5. The van der Waals surface area contributed by atoms with Crippen LogP contribution in [0.5, 0.6) is 0 Å². The van der Waals surface area contributed by atoms with Crippen molar-refractivity contribution in [3.63, 3.8) is 0 Å². The Morgan fingerprint density at radius 2 is 1.82 bits per heavy atom. The van der Waals surface area contributed by atoms with Crippen LogP contribution in [0.15, 0.2) is 30.3 Å². The molecule has 1 aromatic rings. The van der Waals surface area contributed by atoms with Gasteiger partial charge in [0.1, 0.15) is 0 Å². The Balaban J connectivity index is 2.01. The molecule has 0 bridgehead atoms. The Morgan fingerprint density at radius 3 is 2.47 bits per heavy atom. The van der Waals surface area contributed by atoms with Gasteiger partial charge in [-0.25, -0.2) is 0 Å². The molecule has 1 aliphatic heterocycles. The van der Waals surface area contributed by atoms with Gasteiger partial charge in [0.2, 0.25) is 0 Å². The second-order valence-corrected chi connectivity index (χ2v) is 5.84. The molecule has 17 heavy (non-hydrogen) atoms. The molecule has 94 valence electrons. The van der Waals surface area contributed by atoms with Gasteiger partial charge < -0.3 is 9.47 Å². The van der Waals surface area contributed by atoms with Crippen LogP contribution in [0.3, 0.4) is 0 Å². The van der Waals surface area contributed by atoms with Crippen molar-refractivity contribution >= 4 is 22.6 Å². The zero-order valence-electron chi connectivity index (χ0n) is 10.4. The third kappa shape index (κ3) is 3.93. The molecule has 0 amide bonds. The van der Waals surface area contributed by atoms with E-state index in [9.17, 15) is 0 Å². The standard InChI is InChI=1S/C14H19IO2/c1-14(2)16-12(9-13(10-15)17-14)8-11-6-4-3-5-7-11/h3-7,12-13H,8-10H2,1-2H3/t12-,13?/m0/s1. The molecule has 2 nitrogen and oxygen atoms in total. The summed E-state index contributed by atoms with van der Waals surface area (Å²) in [6.45, 7) is 4.01. The summed E-state index contributed by atoms with van der Waals surface area (Å²) in [7, 11) is 0. The lowest BCUT2D eigenvalue weighted by Crippen LogP contribution is -2.45. The van der Waals surface area contributed by atoms with Gasteiger partial charge in [0.15, 0.2) is 5.79 Å². The number of hydrogen-bond donors (Lipinski definition) is 0. The third-order valence-corrected chi connectivity index (χ3v) is 3.89. The third-order valence-electron chi connectivity index (χ3n) is 2.91. The van der Waals surface area contributed by atoms with Crippen molar-refractivity contribution in [2.45, 2.75) is 44.7 Å². The highest BCUT2D eigenvalue weighted by Crippen LogP contribution is 2.29. The molecule has 2 rings (SSSR count). The average Bonchev–Trinajstić information content (AvgIpc) is 2.28. The fourth-order valence-corrected chi connectivity index (χ4v) is 2.86. The van der Waals surface area contributed by atoms with Gasteiger partial charge in [0.05, 0.1) is 12.2 Å². The highest BCUT2D eigenvalue weighted by molar-refractivity contribution is 14.1. The Bertz CT molecular complexity index is 350. The van der Waals surface area contributed by atoms with E-state index in [1.165, 1.54) is 5.56 Å². The predicted molar refractivity (Wildman–Crippen MR) is 77.5 cm³/mol. The maximum Gasteiger partial charge on any atom is 0.163 e. The van der Waals surface area contributed by atoms with E-state index in [1.807, 2.05) is 19.9 Å². The Labute approximate surface area is 117 Å². The van der Waals surface area contributed by atoms with Gasteiger partial charge in [-0.3, -0.25) is 0 Å². The molecule has 0 radical (unpaired) electrons. The van der Waals surface area contributed by atoms with Gasteiger partial charge in [0.25, 0.3) is 0 Å². The van der Waals surface area contributed by atoms with Crippen molar-refractivity contribution in [1.82, 2.24) is 0 Å². The van der Waals surface area contributed by atoms with Crippen LogP contribution in [-0.2, 0) is 15.9 Å². The fraction of sp³-hybridized carbons (Fsp3) is 0.571. The average molecular weight is 346 g/mol. The first-order valence-electron chi connectivity index (χ1n) is 6.04. The molecule has 0 saturated carbocycles. The van der Waals surface area contributed by atoms with E-state index in [1.54, 1.807) is 0 Å². The summed E-state index contributed by atoms with van der Waals surface area (Å²) in [5.41, 5.74) is 1.34. The zero-order chi connectivity index (χ0) is 12.3. The molecule has 3 heteroatoms. The van der Waals surface area contributed by atoms with Crippen LogP contribution in [0.1, 0.15) is 25.8 Å². The quantitative estimate of drug-likeness (QED) is 0.615. The summed E-state index contributed by atoms with van der Waals surface area (Å²) < 4.78 is 12.9. The summed E-state index contributed by atoms with van der Waals surface area (Å²) in [5.74, 6) is -0.451. The minimum Gasteiger partial charge on any atom is -0.347 e. The largest absolute Gasteiger partial charge is 0.347 e. The van der Waals surface area contributed by atoms with E-state index in [0.717, 1.165) is 17.3 Å². The number of rotatable bonds is 3. The first kappa shape index (κ1) is 13.3. The Kier molecular flexibility index (Phi) is 4.44. The van der Waals surface area contributed by atoms with Crippen LogP contribution < -0.4 is 0 Å². The SMILES string of the molecule is CC1(C)OC(CI)C[C@H](Cc2ccccc2)O1. The summed E-state index contributed by atoms with van der Waals surface area (Å²) in [5, 5.41) is 0. The van der Waals surface area contributed by atoms with Crippen LogP contribution in [-0.4, -0.2) is 22.4 Å². The minimum atomic E-state index is -0.451. The smallest absolute Gasteiger partial charge is 0.163 e. The van der Waals surface area contributed by atoms with E-state index in [2.05, 4.69) is 46.9 Å². The van der Waals surface area contributed by atoms with Crippen LogP contribution in [0.4, 0.5) is 0 Å². The van der Waals surface area contributed by atoms with E-state index in [4.69, 9.17) is 9.47 Å². The van der Waals surface area contributed by atoms with Crippen molar-refractivity contribution in [3.05, 3.63) is 35.9 Å². The summed E-state index contributed by atoms with van der Waals surface area (Å²) in [4.78, 5) is 0. The number of ether oxygens (including phenoxy) is 2. The fourth-order valence-electron chi connectivity index (χ4n) is 2.32. The van der Waals surface area contributed by atoms with Crippen LogP contribution in [0, 0.1) is 0 Å². The van der Waals surface area contributed by atoms with Crippen LogP contribution in [0.25, 0.3) is 0 Å². The van der Waals surface area contributed by atoms with E-state index in [-0.39, 0.29) is 6.10 Å². The molecule has 0 aromatic heterocycles. The maximum atomic E-state index is 5.98. The molecule has 1 aliphatic rings. The van der Waals surface area contributed by atoms with Gasteiger partial charge in [-0.15, -0.1) is 0 Å². The lowest BCUT2D eigenvalue weighted by Gasteiger charge is -2.40. The topological polar surface area (TPSA) is 18.5 Å². The highest BCUT2D eigenvalue weighted by atomic mass is 127. The molecular formula is C14H19IO2. The molecule has 1 saturated heterocycles. The van der Waals surface area contributed by atoms with Crippen molar-refractivity contribution < 1.29 is 9.47 Å². The molecular weight excluding hydrogens is 327 g/mol. The van der Waals surface area contributed by atoms with Crippen molar-refractivity contribution in [3.8, 4) is 0 Å². The predicted octanol–water partition coefficient (Wildman–Crippen LogP) is 3.57. The first-order chi connectivity index (χ1) is 8.09. The Morgan fingerprint density at radius 1 is 1.18 bits per heavy atom. The molecule has 0 N–H and O–H groups in total. The molecule has 1 unspecified atom stereocenters. The summed E-state index contributed by atoms with van der Waals surface area (Å²) in [6.07, 6.45) is 2.54. The van der Waals surface area contributed by atoms with Crippen molar-refractivity contribution in [2.75, 3.05) is 4.43 Å². The summed E-state index contributed by atoms with van der Waals surface area (Å²) >= 11 is 2.38. The van der Waals surface area contributed by atoms with Gasteiger partial charge in [-0.2, -0.15) is 0 Å². The van der Waals surface area contributed by atoms with Crippen molar-refractivity contribution in [2.24, 2.45) is 0 Å². The molecule has 1 aromatic carbocycles. The monoisotopic (exact) mass is 346 g/mol. The molecule has 1 heterocycles. The van der Waals surface area contributed by atoms with Crippen LogP contribution in [0.2, 0.25) is 0 Å². The van der Waals surface area contributed by atoms with Gasteiger partial charge in [0, 0.05) is 10.8 Å². The van der Waals surface area contributed by atoms with E-state index >= 15 is 0 Å². The first-order valence-corrected chi connectivity index (χ1v) is 7.57. The van der Waals surface area contributed by atoms with Crippen LogP contribution >= 0.6 is 22.6 Å². The number of halogens is 1. The van der Waals surface area contributed by atoms with Gasteiger partial charge in [-0.05, 0) is 25.8 Å². The lowest BCUT2D eigenvalue weighted by molar-refractivity contribution is -0.293. The van der Waals surface area contributed by atoms with E-state index in [0.29, 0.717) is 6.10 Å². The number of benzene rings is 1. The van der Waals surface area contributed by atoms with Crippen molar-refractivity contribution in [1.29, 1.82) is 0 Å². The van der Waals surface area contributed by atoms with Gasteiger partial charge >= 0.3 is 0 Å².